The summed E-state index contributed by atoms with van der Waals surface area (Å²) in [6.07, 6.45) is 5.42. The van der Waals surface area contributed by atoms with Crippen molar-refractivity contribution in [2.45, 2.75) is 51.0 Å². The van der Waals surface area contributed by atoms with Crippen LogP contribution in [0.2, 0.25) is 15.9 Å². The number of hydrogen-bond acceptors (Lipinski definition) is 0. The van der Waals surface area contributed by atoms with E-state index in [9.17, 15) is 0 Å². The zero-order valence-electron chi connectivity index (χ0n) is 27.6. The van der Waals surface area contributed by atoms with Crippen molar-refractivity contribution in [2.75, 3.05) is 0 Å². The molecular weight excluding hydrogens is 723 g/mol. The summed E-state index contributed by atoms with van der Waals surface area (Å²) in [5.41, 5.74) is 17.4. The Balaban J connectivity index is 1.42. The molecule has 0 N–H and O–H groups in total. The summed E-state index contributed by atoms with van der Waals surface area (Å²) in [4.78, 5) is 0. The molecule has 1 saturated heterocycles. The molecule has 1 fully saturated rings. The van der Waals surface area contributed by atoms with Crippen molar-refractivity contribution in [3.63, 3.8) is 0 Å². The molecule has 0 radical (unpaired) electrons. The van der Waals surface area contributed by atoms with E-state index in [4.69, 9.17) is 0 Å². The van der Waals surface area contributed by atoms with Gasteiger partial charge in [0, 0.05) is 0 Å². The molecule has 0 spiro atoms. The Morgan fingerprint density at radius 1 is 0.489 bits per heavy atom. The van der Waals surface area contributed by atoms with E-state index in [1.54, 1.807) is 26.7 Å². The molecule has 222 valence electrons. The molecule has 5 aromatic rings. The maximum atomic E-state index is 2.78. The number of benzene rings is 5. The molecule has 8 rings (SSSR count). The molecule has 3 aliphatic rings. The van der Waals surface area contributed by atoms with E-state index >= 15 is 0 Å². The van der Waals surface area contributed by atoms with E-state index in [0.29, 0.717) is 7.35 Å². The van der Waals surface area contributed by atoms with Crippen LogP contribution in [0.15, 0.2) is 114 Å². The van der Waals surface area contributed by atoms with Gasteiger partial charge in [-0.25, -0.2) is 0 Å². The molecule has 1 aliphatic heterocycles. The molecule has 2 unspecified atom stereocenters. The van der Waals surface area contributed by atoms with E-state index in [2.05, 4.69) is 159 Å². The van der Waals surface area contributed by atoms with E-state index in [1.165, 1.54) is 55.6 Å². The van der Waals surface area contributed by atoms with Crippen LogP contribution in [0.5, 0.6) is 0 Å². The quantitative estimate of drug-likeness (QED) is 0.161. The molecular formula is C43H42HfSi. The Morgan fingerprint density at radius 3 is 1.38 bits per heavy atom. The maximum absolute atomic E-state index is 3.16. The van der Waals surface area contributed by atoms with Crippen molar-refractivity contribution in [3.8, 4) is 22.3 Å². The zero-order valence-corrected chi connectivity index (χ0v) is 32.2. The third kappa shape index (κ3) is 4.04. The number of aryl methyl sites for hydroxylation is 2. The molecule has 0 amide bonds. The Kier molecular flexibility index (Phi) is 6.69. The van der Waals surface area contributed by atoms with Crippen molar-refractivity contribution < 1.29 is 20.0 Å². The Hall–Kier alpha value is -3.33. The topological polar surface area (TPSA) is 0 Å². The van der Waals surface area contributed by atoms with Gasteiger partial charge in [-0.15, -0.1) is 0 Å². The minimum absolute atomic E-state index is 0.590. The van der Waals surface area contributed by atoms with Crippen LogP contribution in [0.25, 0.3) is 34.4 Å². The number of hydrogen-bond donors (Lipinski definition) is 0. The number of allylic oxidation sites excluding steroid dienone is 2. The van der Waals surface area contributed by atoms with Gasteiger partial charge in [-0.1, -0.05) is 0 Å². The van der Waals surface area contributed by atoms with Crippen molar-refractivity contribution in [1.82, 2.24) is 0 Å². The predicted molar refractivity (Wildman–Crippen MR) is 194 cm³/mol. The van der Waals surface area contributed by atoms with Crippen LogP contribution in [0.1, 0.15) is 51.9 Å². The summed E-state index contributed by atoms with van der Waals surface area (Å²) in [5, 5.41) is 5.11. The van der Waals surface area contributed by atoms with Crippen molar-refractivity contribution >= 4 is 25.4 Å². The zero-order chi connectivity index (χ0) is 31.2. The summed E-state index contributed by atoms with van der Waals surface area (Å²) < 4.78 is 6.74. The van der Waals surface area contributed by atoms with Gasteiger partial charge in [0.2, 0.25) is 0 Å². The number of rotatable bonds is 3. The molecule has 2 aliphatic carbocycles. The summed E-state index contributed by atoms with van der Waals surface area (Å²) >= 11 is -3.16. The molecule has 2 heteroatoms. The van der Waals surface area contributed by atoms with Gasteiger partial charge >= 0.3 is 277 Å². The number of fused-ring (bicyclic) bond motifs is 6. The first-order valence-corrected chi connectivity index (χ1v) is 30.4. The Labute approximate surface area is 274 Å². The van der Waals surface area contributed by atoms with Crippen LogP contribution in [0.3, 0.4) is 0 Å². The van der Waals surface area contributed by atoms with Gasteiger partial charge in [0.05, 0.1) is 0 Å². The predicted octanol–water partition coefficient (Wildman–Crippen LogP) is 11.2. The van der Waals surface area contributed by atoms with Gasteiger partial charge in [-0.05, 0) is 0 Å². The monoisotopic (exact) mass is 766 g/mol. The SMILES string of the molecule is Cc1cccc(-c2cccc3c2C=C2[CH]3[Hf]([CH3])([CH3])[CH]3C(=Cc4c(-c5cccc(C)c5C)cccc43)[Si]2(C)c2ccccc2)c1C. The molecule has 0 aromatic heterocycles. The van der Waals surface area contributed by atoms with Crippen LogP contribution in [0, 0.1) is 27.7 Å². The van der Waals surface area contributed by atoms with Crippen LogP contribution < -0.4 is 5.19 Å². The fourth-order valence-electron chi connectivity index (χ4n) is 9.27. The first-order valence-electron chi connectivity index (χ1n) is 16.5. The van der Waals surface area contributed by atoms with Crippen molar-refractivity contribution in [3.05, 3.63) is 158 Å². The summed E-state index contributed by atoms with van der Waals surface area (Å²) in [5.74, 6) is 0. The van der Waals surface area contributed by atoms with E-state index in [1.807, 2.05) is 0 Å². The second-order valence-electron chi connectivity index (χ2n) is 14.5. The van der Waals surface area contributed by atoms with Gasteiger partial charge < -0.3 is 0 Å². The van der Waals surface area contributed by atoms with Gasteiger partial charge in [-0.3, -0.25) is 0 Å². The van der Waals surface area contributed by atoms with E-state index in [0.717, 1.165) is 0 Å². The third-order valence-corrected chi connectivity index (χ3v) is 33.8. The fourth-order valence-corrected chi connectivity index (χ4v) is 40.9. The fraction of sp³-hybridized carbons (Fsp3) is 0.209. The Morgan fingerprint density at radius 2 is 0.911 bits per heavy atom. The molecule has 0 nitrogen and oxygen atoms in total. The second kappa shape index (κ2) is 10.3. The van der Waals surface area contributed by atoms with E-state index < -0.39 is 28.0 Å². The van der Waals surface area contributed by atoms with Gasteiger partial charge in [0.15, 0.2) is 0 Å². The van der Waals surface area contributed by atoms with Gasteiger partial charge in [0.25, 0.3) is 0 Å². The average Bonchev–Trinajstić information content (AvgIpc) is 3.65. The molecule has 45 heavy (non-hydrogen) atoms. The van der Waals surface area contributed by atoms with Crippen molar-refractivity contribution in [2.24, 2.45) is 0 Å². The molecule has 1 heterocycles. The molecule has 0 bridgehead atoms. The summed E-state index contributed by atoms with van der Waals surface area (Å²) in [6.45, 7) is 11.8. The van der Waals surface area contributed by atoms with Gasteiger partial charge in [0.1, 0.15) is 0 Å². The summed E-state index contributed by atoms with van der Waals surface area (Å²) in [6, 6.07) is 39.7. The van der Waals surface area contributed by atoms with Gasteiger partial charge in [-0.2, -0.15) is 0 Å². The minimum atomic E-state index is -3.16. The Bertz CT molecular complexity index is 1970. The average molecular weight is 765 g/mol. The first kappa shape index (κ1) is 29.1. The normalized spacial score (nSPS) is 22.2. The molecule has 0 saturated carbocycles. The standard InChI is InChI=1S/C41H36Si.2CH3.Hf/c1-27-13-9-19-36(29(27)3)38-21-11-15-31-23-34(25-40(31)38)42(5,33-17-7-6-8-18-33)35-24-32-16-12-22-39(41(32)26-35)37-20-10-14-28(2)30(37)4;;;/h6-26H,1-5H3;2*1H3;. The van der Waals surface area contributed by atoms with E-state index in [-0.39, 0.29) is 0 Å². The first-order chi connectivity index (χ1) is 21.6. The summed E-state index contributed by atoms with van der Waals surface area (Å²) in [7, 11) is -2.28. The van der Waals surface area contributed by atoms with Crippen molar-refractivity contribution in [1.29, 1.82) is 0 Å². The third-order valence-electron chi connectivity index (χ3n) is 11.9. The van der Waals surface area contributed by atoms with Crippen LogP contribution in [-0.2, 0) is 20.0 Å². The van der Waals surface area contributed by atoms with Crippen LogP contribution in [-0.4, -0.2) is 8.07 Å². The van der Waals surface area contributed by atoms with Crippen LogP contribution >= 0.6 is 0 Å². The second-order valence-corrected chi connectivity index (χ2v) is 35.7. The molecule has 2 atom stereocenters. The molecule has 5 aromatic carbocycles. The van der Waals surface area contributed by atoms with Crippen LogP contribution in [0.4, 0.5) is 0 Å².